The lowest BCUT2D eigenvalue weighted by Gasteiger charge is -2.32. The fourth-order valence-electron chi connectivity index (χ4n) is 2.30. The van der Waals surface area contributed by atoms with Crippen molar-refractivity contribution in [2.24, 2.45) is 0 Å². The fraction of sp³-hybridized carbons (Fsp3) is 0.462. The molecule has 1 aliphatic rings. The van der Waals surface area contributed by atoms with Crippen LogP contribution in [0.4, 0.5) is 5.69 Å². The van der Waals surface area contributed by atoms with E-state index < -0.39 is 0 Å². The molecular weight excluding hydrogens is 200 g/mol. The van der Waals surface area contributed by atoms with Gasteiger partial charge in [0.15, 0.2) is 0 Å². The minimum Gasteiger partial charge on any atom is -0.382 e. The van der Waals surface area contributed by atoms with Gasteiger partial charge in [0, 0.05) is 11.7 Å². The topological polar surface area (TPSA) is 41.1 Å². The Labute approximate surface area is 96.2 Å². The van der Waals surface area contributed by atoms with E-state index in [-0.39, 0.29) is 6.04 Å². The van der Waals surface area contributed by atoms with Gasteiger partial charge in [-0.1, -0.05) is 24.6 Å². The Balaban J connectivity index is 2.34. The van der Waals surface area contributed by atoms with Crippen LogP contribution >= 0.6 is 0 Å². The largest absolute Gasteiger partial charge is 0.382 e. The van der Waals surface area contributed by atoms with Gasteiger partial charge in [-0.3, -0.25) is 4.79 Å². The summed E-state index contributed by atoms with van der Waals surface area (Å²) in [4.78, 5) is 10.6. The maximum absolute atomic E-state index is 10.6. The monoisotopic (exact) mass is 218 g/mol. The molecule has 3 nitrogen and oxygen atoms in total. The minimum atomic E-state index is 0.151. The third-order valence-corrected chi connectivity index (χ3v) is 3.22. The van der Waals surface area contributed by atoms with E-state index in [0.29, 0.717) is 6.04 Å². The molecule has 16 heavy (non-hydrogen) atoms. The summed E-state index contributed by atoms with van der Waals surface area (Å²) in [5, 5.41) is 6.42. The van der Waals surface area contributed by atoms with Gasteiger partial charge in [-0.2, -0.15) is 0 Å². The maximum atomic E-state index is 10.6. The molecule has 0 radical (unpaired) electrons. The highest BCUT2D eigenvalue weighted by molar-refractivity contribution is 5.59. The molecule has 2 rings (SSSR count). The van der Waals surface area contributed by atoms with Gasteiger partial charge in [0.2, 0.25) is 6.41 Å². The van der Waals surface area contributed by atoms with E-state index in [2.05, 4.69) is 42.7 Å². The van der Waals surface area contributed by atoms with Gasteiger partial charge in [0.25, 0.3) is 0 Å². The molecule has 1 aromatic rings. The molecule has 0 unspecified atom stereocenters. The summed E-state index contributed by atoms with van der Waals surface area (Å²) in [7, 11) is 0. The Morgan fingerprint density at radius 3 is 3.06 bits per heavy atom. The summed E-state index contributed by atoms with van der Waals surface area (Å²) >= 11 is 0. The molecule has 3 heteroatoms. The van der Waals surface area contributed by atoms with Crippen molar-refractivity contribution < 1.29 is 4.79 Å². The zero-order valence-corrected chi connectivity index (χ0v) is 9.79. The Morgan fingerprint density at radius 1 is 1.56 bits per heavy atom. The summed E-state index contributed by atoms with van der Waals surface area (Å²) in [6.45, 7) is 4.24. The molecule has 0 aromatic heterocycles. The van der Waals surface area contributed by atoms with E-state index in [1.165, 1.54) is 11.1 Å². The van der Waals surface area contributed by atoms with Crippen LogP contribution in [0.25, 0.3) is 0 Å². The number of amides is 1. The zero-order valence-electron chi connectivity index (χ0n) is 9.79. The number of hydrogen-bond donors (Lipinski definition) is 2. The van der Waals surface area contributed by atoms with Crippen LogP contribution in [0, 0.1) is 6.92 Å². The van der Waals surface area contributed by atoms with Gasteiger partial charge in [-0.15, -0.1) is 0 Å². The quantitative estimate of drug-likeness (QED) is 0.765. The van der Waals surface area contributed by atoms with Crippen LogP contribution in [0.2, 0.25) is 0 Å². The molecule has 2 atom stereocenters. The number of fused-ring (bicyclic) bond motifs is 1. The van der Waals surface area contributed by atoms with Crippen molar-refractivity contribution in [2.45, 2.75) is 38.8 Å². The highest BCUT2D eigenvalue weighted by Gasteiger charge is 2.24. The number of carbonyl (C=O) groups excluding carboxylic acids is 1. The van der Waals surface area contributed by atoms with Crippen LogP contribution in [0.1, 0.15) is 36.9 Å². The van der Waals surface area contributed by atoms with E-state index in [1.807, 2.05) is 0 Å². The predicted octanol–water partition coefficient (Wildman–Crippen LogP) is 2.38. The molecule has 0 aliphatic carbocycles. The smallest absolute Gasteiger partial charge is 0.207 e. The molecule has 1 heterocycles. The number of benzene rings is 1. The summed E-state index contributed by atoms with van der Waals surface area (Å²) in [5.74, 6) is 0. The lowest BCUT2D eigenvalue weighted by Crippen LogP contribution is -2.33. The van der Waals surface area contributed by atoms with Crippen LogP contribution in [-0.4, -0.2) is 12.5 Å². The second-order valence-electron chi connectivity index (χ2n) is 4.41. The number of nitrogens with one attached hydrogen (secondary N) is 2. The Hall–Kier alpha value is -1.51. The molecule has 0 bridgehead atoms. The van der Waals surface area contributed by atoms with Crippen molar-refractivity contribution in [2.75, 3.05) is 5.32 Å². The van der Waals surface area contributed by atoms with Gasteiger partial charge in [-0.05, 0) is 31.4 Å². The number of carbonyl (C=O) groups is 1. The Bertz CT molecular complexity index is 390. The summed E-state index contributed by atoms with van der Waals surface area (Å²) in [5.41, 5.74) is 3.59. The molecule has 0 saturated heterocycles. The SMILES string of the molecule is CC[C@@H]1C[C@H](NC=O)c2cc(C)ccc2N1. The highest BCUT2D eigenvalue weighted by Crippen LogP contribution is 2.33. The molecule has 0 fully saturated rings. The number of rotatable bonds is 3. The van der Waals surface area contributed by atoms with Crippen molar-refractivity contribution in [3.05, 3.63) is 29.3 Å². The molecule has 0 spiro atoms. The van der Waals surface area contributed by atoms with Crippen LogP contribution in [0.5, 0.6) is 0 Å². The first-order valence-corrected chi connectivity index (χ1v) is 5.81. The second kappa shape index (κ2) is 4.56. The van der Waals surface area contributed by atoms with Gasteiger partial charge >= 0.3 is 0 Å². The standard InChI is InChI=1S/C13H18N2O/c1-3-10-7-13(14-8-16)11-6-9(2)4-5-12(11)15-10/h4-6,8,10,13,15H,3,7H2,1-2H3,(H,14,16)/t10-,13+/m1/s1. The van der Waals surface area contributed by atoms with E-state index in [0.717, 1.165) is 24.9 Å². The van der Waals surface area contributed by atoms with Gasteiger partial charge in [-0.25, -0.2) is 0 Å². The maximum Gasteiger partial charge on any atom is 0.207 e. The Kier molecular flexibility index (Phi) is 3.13. The van der Waals surface area contributed by atoms with Crippen LogP contribution in [0.15, 0.2) is 18.2 Å². The fourth-order valence-corrected chi connectivity index (χ4v) is 2.30. The average molecular weight is 218 g/mol. The molecule has 1 amide bonds. The van der Waals surface area contributed by atoms with Crippen LogP contribution < -0.4 is 10.6 Å². The second-order valence-corrected chi connectivity index (χ2v) is 4.41. The normalized spacial score (nSPS) is 23.1. The molecule has 1 aromatic carbocycles. The summed E-state index contributed by atoms with van der Waals surface area (Å²) in [6.07, 6.45) is 2.84. The minimum absolute atomic E-state index is 0.151. The van der Waals surface area contributed by atoms with Crippen LogP contribution in [-0.2, 0) is 4.79 Å². The van der Waals surface area contributed by atoms with Crippen molar-refractivity contribution in [3.63, 3.8) is 0 Å². The third kappa shape index (κ3) is 2.03. The van der Waals surface area contributed by atoms with E-state index in [1.54, 1.807) is 0 Å². The first-order valence-electron chi connectivity index (χ1n) is 5.81. The van der Waals surface area contributed by atoms with Gasteiger partial charge in [0.05, 0.1) is 6.04 Å². The number of aryl methyl sites for hydroxylation is 1. The third-order valence-electron chi connectivity index (χ3n) is 3.22. The lowest BCUT2D eigenvalue weighted by molar-refractivity contribution is -0.110. The lowest BCUT2D eigenvalue weighted by atomic mass is 9.91. The average Bonchev–Trinajstić information content (AvgIpc) is 2.30. The Morgan fingerprint density at radius 2 is 2.38 bits per heavy atom. The summed E-state index contributed by atoms with van der Waals surface area (Å²) < 4.78 is 0. The van der Waals surface area contributed by atoms with Crippen molar-refractivity contribution >= 4 is 12.1 Å². The first kappa shape index (κ1) is 11.0. The highest BCUT2D eigenvalue weighted by atomic mass is 16.1. The molecule has 86 valence electrons. The molecule has 2 N–H and O–H groups in total. The van der Waals surface area contributed by atoms with E-state index >= 15 is 0 Å². The zero-order chi connectivity index (χ0) is 11.5. The summed E-state index contributed by atoms with van der Waals surface area (Å²) in [6, 6.07) is 6.95. The van der Waals surface area contributed by atoms with Crippen molar-refractivity contribution in [1.29, 1.82) is 0 Å². The first-order chi connectivity index (χ1) is 7.74. The van der Waals surface area contributed by atoms with Gasteiger partial charge < -0.3 is 10.6 Å². The predicted molar refractivity (Wildman–Crippen MR) is 65.4 cm³/mol. The van der Waals surface area contributed by atoms with Crippen molar-refractivity contribution in [1.82, 2.24) is 5.32 Å². The van der Waals surface area contributed by atoms with E-state index in [9.17, 15) is 4.79 Å². The molecular formula is C13H18N2O. The molecule has 1 aliphatic heterocycles. The number of anilines is 1. The van der Waals surface area contributed by atoms with E-state index in [4.69, 9.17) is 0 Å². The van der Waals surface area contributed by atoms with Crippen molar-refractivity contribution in [3.8, 4) is 0 Å². The van der Waals surface area contributed by atoms with Crippen LogP contribution in [0.3, 0.4) is 0 Å². The number of hydrogen-bond acceptors (Lipinski definition) is 2. The van der Waals surface area contributed by atoms with Gasteiger partial charge in [0.1, 0.15) is 0 Å². The molecule has 0 saturated carbocycles.